The van der Waals surface area contributed by atoms with Gasteiger partial charge in [-0.1, -0.05) is 31.9 Å². The second-order valence-electron chi connectivity index (χ2n) is 12.0. The molecule has 8 nitrogen and oxygen atoms in total. The average molecular weight is 674 g/mol. The number of nitrogens with zero attached hydrogens (tertiary/aromatic N) is 1. The fourth-order valence-corrected chi connectivity index (χ4v) is 6.46. The molecule has 0 bridgehead atoms. The number of benzene rings is 2. The smallest absolute Gasteiger partial charge is 0.239 e. The van der Waals surface area contributed by atoms with E-state index in [2.05, 4.69) is 45.1 Å². The second-order valence-corrected chi connectivity index (χ2v) is 13.3. The molecule has 3 N–H and O–H groups in total. The molecule has 0 aliphatic heterocycles. The minimum Gasteiger partial charge on any atom is -0.497 e. The molecular weight excluding hydrogens is 632 g/mol. The topological polar surface area (TPSA) is 99.5 Å². The lowest BCUT2D eigenvalue weighted by atomic mass is 9.94. The summed E-state index contributed by atoms with van der Waals surface area (Å²) < 4.78 is 12.5. The van der Waals surface area contributed by atoms with E-state index in [1.807, 2.05) is 57.4 Å². The summed E-state index contributed by atoms with van der Waals surface area (Å²) in [4.78, 5) is 33.4. The number of rotatable bonds is 14. The predicted octanol–water partition coefficient (Wildman–Crippen LogP) is 7.90. The molecule has 2 heterocycles. The number of hydrogen-bond acceptors (Lipinski definition) is 4. The van der Waals surface area contributed by atoms with Crippen molar-refractivity contribution >= 4 is 61.7 Å². The van der Waals surface area contributed by atoms with E-state index in [0.717, 1.165) is 68.8 Å². The van der Waals surface area contributed by atoms with E-state index in [1.165, 1.54) is 0 Å². The predicted molar refractivity (Wildman–Crippen MR) is 178 cm³/mol. The molecule has 4 rings (SSSR count). The standard InChI is InChI=1S/C33H42BrClN4O4/c1-7-9-21(27-16-37-31-24(27)10-22(42-6)12-28(31)34)14-36-30(41)18-39(19-40)17-20(8-2)26-15-38-32-25(26)11-23(13-29(32)35)43-33(3,4)5/h10-13,15-16,19-21,37-38H,7-9,14,17-18H2,1-6H3,(H,36,41). The van der Waals surface area contributed by atoms with Gasteiger partial charge in [0.2, 0.25) is 12.3 Å². The largest absolute Gasteiger partial charge is 0.497 e. The fraction of sp³-hybridized carbons (Fsp3) is 0.455. The number of H-pyrrole nitrogens is 2. The summed E-state index contributed by atoms with van der Waals surface area (Å²) in [7, 11) is 1.65. The maximum Gasteiger partial charge on any atom is 0.239 e. The fourth-order valence-electron chi connectivity index (χ4n) is 5.64. The van der Waals surface area contributed by atoms with Gasteiger partial charge in [-0.2, -0.15) is 0 Å². The van der Waals surface area contributed by atoms with Gasteiger partial charge >= 0.3 is 0 Å². The van der Waals surface area contributed by atoms with Crippen LogP contribution in [0.4, 0.5) is 0 Å². The molecule has 0 spiro atoms. The van der Waals surface area contributed by atoms with Crippen molar-refractivity contribution in [3.05, 3.63) is 57.3 Å². The molecule has 2 aromatic carbocycles. The summed E-state index contributed by atoms with van der Waals surface area (Å²) in [5.74, 6) is 1.37. The molecule has 0 aliphatic carbocycles. The first-order valence-electron chi connectivity index (χ1n) is 14.8. The van der Waals surface area contributed by atoms with Gasteiger partial charge in [-0.15, -0.1) is 0 Å². The van der Waals surface area contributed by atoms with Crippen LogP contribution in [0.15, 0.2) is 41.1 Å². The van der Waals surface area contributed by atoms with Crippen LogP contribution in [0.3, 0.4) is 0 Å². The van der Waals surface area contributed by atoms with Gasteiger partial charge in [0.15, 0.2) is 0 Å². The molecule has 2 amide bonds. The first-order chi connectivity index (χ1) is 20.5. The van der Waals surface area contributed by atoms with Crippen molar-refractivity contribution in [3.63, 3.8) is 0 Å². The Morgan fingerprint density at radius 3 is 2.33 bits per heavy atom. The van der Waals surface area contributed by atoms with Gasteiger partial charge in [0.05, 0.1) is 29.7 Å². The van der Waals surface area contributed by atoms with E-state index in [0.29, 0.717) is 23.9 Å². The van der Waals surface area contributed by atoms with Crippen molar-refractivity contribution in [3.8, 4) is 11.5 Å². The second kappa shape index (κ2) is 14.1. The lowest BCUT2D eigenvalue weighted by Gasteiger charge is -2.24. The lowest BCUT2D eigenvalue weighted by Crippen LogP contribution is -2.39. The van der Waals surface area contributed by atoms with Crippen LogP contribution in [0.5, 0.6) is 11.5 Å². The Balaban J connectivity index is 1.46. The number of hydrogen-bond donors (Lipinski definition) is 3. The Morgan fingerprint density at radius 1 is 1.05 bits per heavy atom. The van der Waals surface area contributed by atoms with Gasteiger partial charge in [0.1, 0.15) is 17.1 Å². The van der Waals surface area contributed by atoms with Crippen LogP contribution in [0.25, 0.3) is 21.8 Å². The molecule has 4 aromatic rings. The Hall–Kier alpha value is -3.17. The highest BCUT2D eigenvalue weighted by atomic mass is 79.9. The quantitative estimate of drug-likeness (QED) is 0.119. The first-order valence-corrected chi connectivity index (χ1v) is 15.9. The van der Waals surface area contributed by atoms with Crippen molar-refractivity contribution in [2.24, 2.45) is 0 Å². The van der Waals surface area contributed by atoms with Gasteiger partial charge in [0.25, 0.3) is 0 Å². The summed E-state index contributed by atoms with van der Waals surface area (Å²) in [6.07, 6.45) is 7.36. The van der Waals surface area contributed by atoms with E-state index < -0.39 is 0 Å². The summed E-state index contributed by atoms with van der Waals surface area (Å²) in [6, 6.07) is 7.76. The van der Waals surface area contributed by atoms with E-state index >= 15 is 0 Å². The maximum atomic E-state index is 13.1. The molecule has 0 fully saturated rings. The molecule has 0 saturated carbocycles. The number of ether oxygens (including phenoxy) is 2. The number of amides is 2. The molecule has 0 saturated heterocycles. The van der Waals surface area contributed by atoms with Crippen LogP contribution in [0, 0.1) is 0 Å². The van der Waals surface area contributed by atoms with Crippen molar-refractivity contribution < 1.29 is 19.1 Å². The van der Waals surface area contributed by atoms with Crippen molar-refractivity contribution in [1.82, 2.24) is 20.2 Å². The summed E-state index contributed by atoms with van der Waals surface area (Å²) >= 11 is 10.2. The minimum atomic E-state index is -0.368. The highest BCUT2D eigenvalue weighted by Crippen LogP contribution is 2.37. The van der Waals surface area contributed by atoms with E-state index in [9.17, 15) is 9.59 Å². The number of aromatic nitrogens is 2. The summed E-state index contributed by atoms with van der Waals surface area (Å²) in [5.41, 5.74) is 3.62. The average Bonchev–Trinajstić information content (AvgIpc) is 3.57. The molecule has 2 unspecified atom stereocenters. The van der Waals surface area contributed by atoms with E-state index in [1.54, 1.807) is 12.0 Å². The van der Waals surface area contributed by atoms with Crippen molar-refractivity contribution in [2.45, 2.75) is 71.3 Å². The van der Waals surface area contributed by atoms with Crippen LogP contribution >= 0.6 is 27.5 Å². The Morgan fingerprint density at radius 2 is 1.70 bits per heavy atom. The monoisotopic (exact) mass is 672 g/mol. The number of carbonyl (C=O) groups excluding carboxylic acids is 2. The Bertz CT molecular complexity index is 1570. The molecular formula is C33H42BrClN4O4. The summed E-state index contributed by atoms with van der Waals surface area (Å²) in [6.45, 7) is 11.0. The molecule has 2 aromatic heterocycles. The Kier molecular flexibility index (Phi) is 10.7. The number of aromatic amines is 2. The highest BCUT2D eigenvalue weighted by molar-refractivity contribution is 9.10. The number of carbonyl (C=O) groups is 2. The normalized spacial score (nSPS) is 13.2. The van der Waals surface area contributed by atoms with Crippen LogP contribution in [0.2, 0.25) is 5.02 Å². The Labute approximate surface area is 267 Å². The molecule has 232 valence electrons. The van der Waals surface area contributed by atoms with E-state index in [4.69, 9.17) is 21.1 Å². The number of nitrogens with one attached hydrogen (secondary N) is 3. The molecule has 43 heavy (non-hydrogen) atoms. The van der Waals surface area contributed by atoms with Crippen LogP contribution in [-0.4, -0.2) is 59.5 Å². The molecule has 10 heteroatoms. The number of halogens is 2. The van der Waals surface area contributed by atoms with Crippen LogP contribution in [0.1, 0.15) is 76.8 Å². The SMILES string of the molecule is CCCC(CNC(=O)CN(C=O)CC(CC)c1c[nH]c2c(Cl)cc(OC(C)(C)C)cc12)c1c[nH]c2c(Br)cc(OC)cc12. The van der Waals surface area contributed by atoms with Crippen LogP contribution in [-0.2, 0) is 9.59 Å². The third-order valence-electron chi connectivity index (χ3n) is 7.66. The lowest BCUT2D eigenvalue weighted by molar-refractivity contribution is -0.128. The van der Waals surface area contributed by atoms with E-state index in [-0.39, 0.29) is 29.9 Å². The molecule has 0 aliphatic rings. The third kappa shape index (κ3) is 7.87. The van der Waals surface area contributed by atoms with Crippen molar-refractivity contribution in [2.75, 3.05) is 26.7 Å². The van der Waals surface area contributed by atoms with Crippen molar-refractivity contribution in [1.29, 1.82) is 0 Å². The van der Waals surface area contributed by atoms with Crippen LogP contribution < -0.4 is 14.8 Å². The number of fused-ring (bicyclic) bond motifs is 2. The number of methoxy groups -OCH3 is 1. The minimum absolute atomic E-state index is 0.000177. The molecule has 0 radical (unpaired) electrons. The first kappa shape index (κ1) is 32.7. The van der Waals surface area contributed by atoms with Gasteiger partial charge in [-0.25, -0.2) is 0 Å². The zero-order valence-corrected chi connectivity index (χ0v) is 28.1. The zero-order valence-electron chi connectivity index (χ0n) is 25.8. The third-order valence-corrected chi connectivity index (χ3v) is 8.58. The maximum absolute atomic E-state index is 13.1. The summed E-state index contributed by atoms with van der Waals surface area (Å²) in [5, 5.41) is 5.68. The van der Waals surface area contributed by atoms with Gasteiger partial charge in [-0.05, 0) is 78.9 Å². The van der Waals surface area contributed by atoms with Gasteiger partial charge < -0.3 is 29.7 Å². The highest BCUT2D eigenvalue weighted by Gasteiger charge is 2.23. The zero-order chi connectivity index (χ0) is 31.3. The van der Waals surface area contributed by atoms with Gasteiger partial charge in [0, 0.05) is 58.6 Å². The molecule has 2 atom stereocenters. The van der Waals surface area contributed by atoms with Gasteiger partial charge in [-0.3, -0.25) is 9.59 Å².